The maximum absolute atomic E-state index is 12.6. The third-order valence-electron chi connectivity index (χ3n) is 5.81. The lowest BCUT2D eigenvalue weighted by molar-refractivity contribution is -0.137. The predicted molar refractivity (Wildman–Crippen MR) is 115 cm³/mol. The lowest BCUT2D eigenvalue weighted by Gasteiger charge is -2.32. The van der Waals surface area contributed by atoms with E-state index in [0.717, 1.165) is 36.9 Å². The summed E-state index contributed by atoms with van der Waals surface area (Å²) in [6, 6.07) is 5.46. The molecule has 0 spiro atoms. The first-order valence-electron chi connectivity index (χ1n) is 11.2. The predicted octanol–water partition coefficient (Wildman–Crippen LogP) is 2.89. The van der Waals surface area contributed by atoms with Crippen LogP contribution in [0, 0.1) is 5.92 Å². The van der Waals surface area contributed by atoms with Crippen molar-refractivity contribution in [2.45, 2.75) is 58.3 Å². The molecule has 0 bridgehead atoms. The minimum absolute atomic E-state index is 0.0241. The molecule has 0 aromatic heterocycles. The number of aryl methyl sites for hydroxylation is 1. The molecule has 3 amide bonds. The highest BCUT2D eigenvalue weighted by atomic mass is 16.5. The molecule has 3 rings (SSSR count). The highest BCUT2D eigenvalue weighted by molar-refractivity contribution is 5.94. The number of carbonyl (C=O) groups is 3. The number of rotatable bonds is 9. The van der Waals surface area contributed by atoms with Crippen LogP contribution in [0.3, 0.4) is 0 Å². The third kappa shape index (κ3) is 6.21. The maximum Gasteiger partial charge on any atom is 0.260 e. The zero-order valence-electron chi connectivity index (χ0n) is 17.9. The fraction of sp³-hybridized carbons (Fsp3) is 0.609. The van der Waals surface area contributed by atoms with Gasteiger partial charge in [0.15, 0.2) is 6.61 Å². The Kier molecular flexibility index (Phi) is 8.11. The second-order valence-electron chi connectivity index (χ2n) is 8.19. The van der Waals surface area contributed by atoms with Crippen molar-refractivity contribution < 1.29 is 19.1 Å². The van der Waals surface area contributed by atoms with Gasteiger partial charge in [-0.2, -0.15) is 0 Å². The number of unbranched alkanes of at least 4 members (excludes halogenated alkanes) is 3. The van der Waals surface area contributed by atoms with E-state index in [0.29, 0.717) is 38.2 Å². The normalized spacial score (nSPS) is 18.4. The summed E-state index contributed by atoms with van der Waals surface area (Å²) in [5, 5.41) is 5.86. The van der Waals surface area contributed by atoms with E-state index in [1.54, 1.807) is 11.0 Å². The summed E-state index contributed by atoms with van der Waals surface area (Å²) in [5.41, 5.74) is 1.83. The first kappa shape index (κ1) is 22.1. The van der Waals surface area contributed by atoms with Crippen LogP contribution in [0.5, 0.6) is 5.75 Å². The van der Waals surface area contributed by atoms with Gasteiger partial charge in [-0.15, -0.1) is 0 Å². The molecule has 1 atom stereocenters. The van der Waals surface area contributed by atoms with Gasteiger partial charge in [0.1, 0.15) is 5.75 Å². The molecule has 30 heavy (non-hydrogen) atoms. The number of likely N-dealkylation sites (tertiary alicyclic amines) is 1. The Morgan fingerprint density at radius 2 is 2.10 bits per heavy atom. The quantitative estimate of drug-likeness (QED) is 0.607. The van der Waals surface area contributed by atoms with Crippen LogP contribution in [0.2, 0.25) is 0 Å². The fourth-order valence-electron chi connectivity index (χ4n) is 4.01. The van der Waals surface area contributed by atoms with Crippen molar-refractivity contribution in [2.24, 2.45) is 5.92 Å². The third-order valence-corrected chi connectivity index (χ3v) is 5.81. The van der Waals surface area contributed by atoms with Crippen LogP contribution in [0.25, 0.3) is 0 Å². The summed E-state index contributed by atoms with van der Waals surface area (Å²) in [7, 11) is 0. The van der Waals surface area contributed by atoms with Gasteiger partial charge in [0.2, 0.25) is 11.8 Å². The monoisotopic (exact) mass is 415 g/mol. The molecule has 0 saturated carbocycles. The summed E-state index contributed by atoms with van der Waals surface area (Å²) in [6.45, 7) is 3.96. The molecule has 2 aliphatic heterocycles. The lowest BCUT2D eigenvalue weighted by atomic mass is 9.97. The van der Waals surface area contributed by atoms with Crippen molar-refractivity contribution in [1.29, 1.82) is 0 Å². The van der Waals surface area contributed by atoms with E-state index in [-0.39, 0.29) is 30.2 Å². The molecule has 1 aromatic rings. The van der Waals surface area contributed by atoms with Gasteiger partial charge in [-0.1, -0.05) is 26.2 Å². The molecular weight excluding hydrogens is 382 g/mol. The van der Waals surface area contributed by atoms with Crippen LogP contribution >= 0.6 is 0 Å². The summed E-state index contributed by atoms with van der Waals surface area (Å²) in [4.78, 5) is 38.2. The number of carbonyl (C=O) groups excluding carboxylic acids is 3. The molecule has 1 aromatic carbocycles. The summed E-state index contributed by atoms with van der Waals surface area (Å²) < 4.78 is 5.71. The average molecular weight is 416 g/mol. The molecule has 164 valence electrons. The molecule has 7 heteroatoms. The van der Waals surface area contributed by atoms with Crippen LogP contribution in [0.15, 0.2) is 18.2 Å². The fourth-order valence-corrected chi connectivity index (χ4v) is 4.01. The van der Waals surface area contributed by atoms with Crippen molar-refractivity contribution in [3.8, 4) is 5.75 Å². The van der Waals surface area contributed by atoms with Crippen molar-refractivity contribution in [2.75, 3.05) is 31.6 Å². The Balaban J connectivity index is 1.44. The van der Waals surface area contributed by atoms with E-state index in [1.165, 1.54) is 12.8 Å². The zero-order valence-corrected chi connectivity index (χ0v) is 17.9. The number of hydrogen-bond acceptors (Lipinski definition) is 4. The van der Waals surface area contributed by atoms with Crippen molar-refractivity contribution in [3.05, 3.63) is 23.8 Å². The number of hydrogen-bond donors (Lipinski definition) is 2. The zero-order chi connectivity index (χ0) is 21.3. The molecular formula is C23H33N3O4. The van der Waals surface area contributed by atoms with E-state index in [1.807, 2.05) is 12.1 Å². The van der Waals surface area contributed by atoms with Crippen LogP contribution in [0.1, 0.15) is 57.4 Å². The van der Waals surface area contributed by atoms with Gasteiger partial charge in [-0.05, 0) is 49.4 Å². The number of ether oxygens (including phenoxy) is 1. The molecule has 7 nitrogen and oxygen atoms in total. The van der Waals surface area contributed by atoms with Crippen LogP contribution in [0.4, 0.5) is 5.69 Å². The lowest BCUT2D eigenvalue weighted by Crippen LogP contribution is -2.47. The van der Waals surface area contributed by atoms with Gasteiger partial charge in [-0.3, -0.25) is 14.4 Å². The number of benzene rings is 1. The summed E-state index contributed by atoms with van der Waals surface area (Å²) in [6.07, 6.45) is 7.31. The topological polar surface area (TPSA) is 87.7 Å². The molecule has 1 saturated heterocycles. The highest BCUT2D eigenvalue weighted by Crippen LogP contribution is 2.27. The SMILES string of the molecule is CCCCCCNC(=O)C1CCCN(C(=O)COc2ccc3c(c2)CCC(=O)N3)C1. The molecule has 1 fully saturated rings. The smallest absolute Gasteiger partial charge is 0.260 e. The first-order valence-corrected chi connectivity index (χ1v) is 11.2. The second kappa shape index (κ2) is 11.0. The second-order valence-corrected chi connectivity index (χ2v) is 8.19. The molecule has 2 N–H and O–H groups in total. The Hall–Kier alpha value is -2.57. The Bertz CT molecular complexity index is 765. The van der Waals surface area contributed by atoms with E-state index in [2.05, 4.69) is 17.6 Å². The van der Waals surface area contributed by atoms with Crippen molar-refractivity contribution in [1.82, 2.24) is 10.2 Å². The largest absolute Gasteiger partial charge is 0.484 e. The minimum atomic E-state index is -0.138. The standard InChI is InChI=1S/C23H33N3O4/c1-2-3-4-5-12-24-23(29)18-7-6-13-26(15-18)22(28)16-30-19-9-10-20-17(14-19)8-11-21(27)25-20/h9-10,14,18H,2-8,11-13,15-16H2,1H3,(H,24,29)(H,25,27). The molecule has 2 heterocycles. The first-order chi connectivity index (χ1) is 14.6. The van der Waals surface area contributed by atoms with Gasteiger partial charge in [-0.25, -0.2) is 0 Å². The van der Waals surface area contributed by atoms with Gasteiger partial charge >= 0.3 is 0 Å². The number of fused-ring (bicyclic) bond motifs is 1. The maximum atomic E-state index is 12.6. The number of anilines is 1. The number of nitrogens with one attached hydrogen (secondary N) is 2. The van der Waals surface area contributed by atoms with Crippen LogP contribution in [-0.2, 0) is 20.8 Å². The molecule has 2 aliphatic rings. The van der Waals surface area contributed by atoms with E-state index < -0.39 is 0 Å². The summed E-state index contributed by atoms with van der Waals surface area (Å²) in [5.74, 6) is 0.469. The molecule has 0 aliphatic carbocycles. The number of nitrogens with zero attached hydrogens (tertiary/aromatic N) is 1. The number of piperidine rings is 1. The van der Waals surface area contributed by atoms with Crippen LogP contribution < -0.4 is 15.4 Å². The Labute approximate surface area is 178 Å². The Morgan fingerprint density at radius 1 is 1.23 bits per heavy atom. The van der Waals surface area contributed by atoms with E-state index >= 15 is 0 Å². The highest BCUT2D eigenvalue weighted by Gasteiger charge is 2.28. The van der Waals surface area contributed by atoms with Crippen molar-refractivity contribution >= 4 is 23.4 Å². The van der Waals surface area contributed by atoms with E-state index in [9.17, 15) is 14.4 Å². The van der Waals surface area contributed by atoms with Crippen molar-refractivity contribution in [3.63, 3.8) is 0 Å². The average Bonchev–Trinajstić information content (AvgIpc) is 2.77. The molecule has 1 unspecified atom stereocenters. The minimum Gasteiger partial charge on any atom is -0.484 e. The van der Waals surface area contributed by atoms with Gasteiger partial charge in [0.05, 0.1) is 5.92 Å². The number of amides is 3. The molecule has 0 radical (unpaired) electrons. The van der Waals surface area contributed by atoms with Gasteiger partial charge < -0.3 is 20.3 Å². The van der Waals surface area contributed by atoms with Crippen LogP contribution in [-0.4, -0.2) is 48.9 Å². The van der Waals surface area contributed by atoms with Gasteiger partial charge in [0.25, 0.3) is 5.91 Å². The summed E-state index contributed by atoms with van der Waals surface area (Å²) >= 11 is 0. The Morgan fingerprint density at radius 3 is 2.93 bits per heavy atom. The van der Waals surface area contributed by atoms with E-state index in [4.69, 9.17) is 4.74 Å². The van der Waals surface area contributed by atoms with Gasteiger partial charge in [0, 0.05) is 31.7 Å².